The van der Waals surface area contributed by atoms with Gasteiger partial charge in [-0.1, -0.05) is 0 Å². The Morgan fingerprint density at radius 1 is 1.33 bits per heavy atom. The Labute approximate surface area is 83.3 Å². The zero-order valence-electron chi connectivity index (χ0n) is 5.22. The average molecular weight is 283 g/mol. The molecule has 0 heterocycles. The van der Waals surface area contributed by atoms with Crippen molar-refractivity contribution in [1.29, 1.82) is 0 Å². The number of ether oxygens (including phenoxy) is 1. The molecule has 0 aliphatic carbocycles. The van der Waals surface area contributed by atoms with Crippen LogP contribution in [0.2, 0.25) is 0 Å². The molecule has 0 fully saturated rings. The fourth-order valence-electron chi connectivity index (χ4n) is 0.203. The van der Waals surface area contributed by atoms with Gasteiger partial charge in [-0.25, -0.2) is 0 Å². The third-order valence-corrected chi connectivity index (χ3v) is 0.479. The largest absolute Gasteiger partial charge is 0.458 e. The summed E-state index contributed by atoms with van der Waals surface area (Å²) in [4.78, 5) is 20.0. The van der Waals surface area contributed by atoms with Crippen molar-refractivity contribution >= 4 is 11.8 Å². The molecule has 0 aliphatic heterocycles. The molecule has 0 aromatic heterocycles. The minimum absolute atomic E-state index is 0. The molecule has 0 amide bonds. The number of Topliss-reactive ketones (excluding diaryl/α,β-unsaturated/α-hetero) is 1. The van der Waals surface area contributed by atoms with Gasteiger partial charge in [0.05, 0.1) is 0 Å². The summed E-state index contributed by atoms with van der Waals surface area (Å²) < 4.78 is 4.31. The minimum atomic E-state index is -0.416. The number of carbonyl (C=O) groups is 2. The van der Waals surface area contributed by atoms with Crippen LogP contribution in [0.25, 0.3) is 0 Å². The van der Waals surface area contributed by atoms with E-state index in [0.29, 0.717) is 0 Å². The van der Waals surface area contributed by atoms with Crippen molar-refractivity contribution < 1.29 is 51.6 Å². The maximum absolute atomic E-state index is 10.1. The summed E-state index contributed by atoms with van der Waals surface area (Å²) in [6, 6.07) is 0. The van der Waals surface area contributed by atoms with Crippen molar-refractivity contribution in [2.24, 2.45) is 0 Å². The predicted octanol–water partition coefficient (Wildman–Crippen LogP) is 0.139. The minimum Gasteiger partial charge on any atom is -0.458 e. The number of esters is 1. The molecule has 0 bridgehead atoms. The summed E-state index contributed by atoms with van der Waals surface area (Å²) in [5.41, 5.74) is 0. The number of hydrogen-bond donors (Lipinski definition) is 0. The normalized spacial score (nSPS) is 7.33. The van der Waals surface area contributed by atoms with Gasteiger partial charge in [-0.15, -0.1) is 0 Å². The zero-order chi connectivity index (χ0) is 6.57. The third kappa shape index (κ3) is 11.8. The van der Waals surface area contributed by atoms with E-state index in [-0.39, 0.29) is 49.7 Å². The molecule has 0 atom stereocenters. The maximum atomic E-state index is 10.1. The Balaban J connectivity index is 0. The Morgan fingerprint density at radius 3 is 1.89 bits per heavy atom. The second kappa shape index (κ2) is 6.51. The Kier molecular flexibility index (Phi) is 8.75. The van der Waals surface area contributed by atoms with Crippen LogP contribution in [-0.2, 0) is 14.3 Å². The molecule has 4 heteroatoms. The van der Waals surface area contributed by atoms with E-state index in [1.54, 1.807) is 0 Å². The van der Waals surface area contributed by atoms with Gasteiger partial charge < -0.3 is 4.74 Å². The van der Waals surface area contributed by atoms with Gasteiger partial charge in [0.2, 0.25) is 0 Å². The van der Waals surface area contributed by atoms with Gasteiger partial charge in [-0.3, -0.25) is 9.59 Å². The maximum Gasteiger partial charge on any atom is 0.303 e. The van der Waals surface area contributed by atoms with Crippen LogP contribution in [0, 0.1) is 37.3 Å². The first-order valence-electron chi connectivity index (χ1n) is 2.25. The Hall–Kier alpha value is 0.387. The van der Waals surface area contributed by atoms with Gasteiger partial charge in [-0.05, 0) is 6.92 Å². The molecular weight excluding hydrogens is 275 g/mol. The first kappa shape index (κ1) is 12.1. The number of ketones is 1. The summed E-state index contributed by atoms with van der Waals surface area (Å²) >= 11 is 0. The molecule has 0 rings (SSSR count). The monoisotopic (exact) mass is 282 g/mol. The number of carbonyl (C=O) groups excluding carboxylic acids is 2. The fraction of sp³-hybridized carbons (Fsp3) is 0.600. The van der Waals surface area contributed by atoms with Crippen LogP contribution in [-0.4, -0.2) is 18.4 Å². The van der Waals surface area contributed by atoms with E-state index in [9.17, 15) is 9.59 Å². The number of hydrogen-bond acceptors (Lipinski definition) is 3. The molecule has 58 valence electrons. The van der Waals surface area contributed by atoms with Gasteiger partial charge in [0.25, 0.3) is 0 Å². The van der Waals surface area contributed by atoms with Crippen LogP contribution in [0.4, 0.5) is 0 Å². The molecule has 0 saturated heterocycles. The average Bonchev–Trinajstić information content (AvgIpc) is 1.61. The van der Waals surface area contributed by atoms with Crippen molar-refractivity contribution in [1.82, 2.24) is 0 Å². The molecule has 0 aromatic carbocycles. The quantitative estimate of drug-likeness (QED) is 0.677. The molecule has 3 nitrogen and oxygen atoms in total. The molecule has 0 N–H and O–H groups in total. The molecule has 0 aromatic rings. The summed E-state index contributed by atoms with van der Waals surface area (Å²) in [7, 11) is 0. The molecule has 0 radical (unpaired) electrons. The van der Waals surface area contributed by atoms with Gasteiger partial charge >= 0.3 is 5.97 Å². The van der Waals surface area contributed by atoms with Crippen molar-refractivity contribution in [2.45, 2.75) is 13.8 Å². The number of rotatable bonds is 2. The Bertz CT molecular complexity index is 96.8. The van der Waals surface area contributed by atoms with E-state index in [2.05, 4.69) is 4.74 Å². The van der Waals surface area contributed by atoms with Crippen LogP contribution >= 0.6 is 0 Å². The van der Waals surface area contributed by atoms with E-state index in [1.165, 1.54) is 13.8 Å². The molecule has 9 heavy (non-hydrogen) atoms. The van der Waals surface area contributed by atoms with Crippen LogP contribution in [0.1, 0.15) is 13.8 Å². The second-order valence-corrected chi connectivity index (χ2v) is 1.48. The first-order valence-corrected chi connectivity index (χ1v) is 2.25. The second-order valence-electron chi connectivity index (χ2n) is 1.48. The van der Waals surface area contributed by atoms with E-state index < -0.39 is 5.97 Å². The predicted molar refractivity (Wildman–Crippen MR) is 27.3 cm³/mol. The summed E-state index contributed by atoms with van der Waals surface area (Å²) in [5.74, 6) is -0.555. The van der Waals surface area contributed by atoms with Crippen LogP contribution in [0.5, 0.6) is 0 Å². The smallest absolute Gasteiger partial charge is 0.303 e. The standard InChI is InChI=1S/C5H8O3.Er/c1-4(6)3-8-5(2)7;/h3H2,1-2H3;. The topological polar surface area (TPSA) is 43.4 Å². The SMILES string of the molecule is CC(=O)COC(C)=O.[Er]. The summed E-state index contributed by atoms with van der Waals surface area (Å²) in [6.45, 7) is 2.53. The fourth-order valence-corrected chi connectivity index (χ4v) is 0.203. The van der Waals surface area contributed by atoms with Crippen molar-refractivity contribution in [3.8, 4) is 0 Å². The van der Waals surface area contributed by atoms with Crippen molar-refractivity contribution in [3.05, 3.63) is 0 Å². The third-order valence-electron chi connectivity index (χ3n) is 0.479. The van der Waals surface area contributed by atoms with E-state index in [4.69, 9.17) is 0 Å². The van der Waals surface area contributed by atoms with E-state index in [1.807, 2.05) is 0 Å². The molecule has 0 saturated carbocycles. The van der Waals surface area contributed by atoms with Crippen LogP contribution in [0.15, 0.2) is 0 Å². The molecule has 0 unspecified atom stereocenters. The van der Waals surface area contributed by atoms with Gasteiger partial charge in [0, 0.05) is 44.2 Å². The molecule has 0 spiro atoms. The summed E-state index contributed by atoms with van der Waals surface area (Å²) in [6.07, 6.45) is 0. The van der Waals surface area contributed by atoms with Crippen molar-refractivity contribution in [3.63, 3.8) is 0 Å². The molecular formula is C5H8ErO3. The Morgan fingerprint density at radius 2 is 1.78 bits per heavy atom. The zero-order valence-corrected chi connectivity index (χ0v) is 7.07. The van der Waals surface area contributed by atoms with E-state index >= 15 is 0 Å². The molecule has 0 aliphatic rings. The van der Waals surface area contributed by atoms with Gasteiger partial charge in [0.1, 0.15) is 6.61 Å². The first-order chi connectivity index (χ1) is 3.63. The van der Waals surface area contributed by atoms with Crippen molar-refractivity contribution in [2.75, 3.05) is 6.61 Å². The van der Waals surface area contributed by atoms with Gasteiger partial charge in [-0.2, -0.15) is 0 Å². The van der Waals surface area contributed by atoms with E-state index in [0.717, 1.165) is 0 Å². The summed E-state index contributed by atoms with van der Waals surface area (Å²) in [5, 5.41) is 0. The van der Waals surface area contributed by atoms with Crippen LogP contribution < -0.4 is 0 Å². The van der Waals surface area contributed by atoms with Crippen LogP contribution in [0.3, 0.4) is 0 Å². The van der Waals surface area contributed by atoms with Gasteiger partial charge in [0.15, 0.2) is 5.78 Å².